The minimum atomic E-state index is -0.413. The van der Waals surface area contributed by atoms with E-state index >= 15 is 0 Å². The zero-order valence-corrected chi connectivity index (χ0v) is 12.2. The molecule has 0 unspecified atom stereocenters. The van der Waals surface area contributed by atoms with Crippen LogP contribution in [0.2, 0.25) is 0 Å². The molecular formula is C14H23N3O2. The molecule has 1 aromatic heterocycles. The number of hydrogen-bond acceptors (Lipinski definition) is 5. The molecule has 0 fully saturated rings. The van der Waals surface area contributed by atoms with Gasteiger partial charge in [0, 0.05) is 27.3 Å². The van der Waals surface area contributed by atoms with E-state index in [1.54, 1.807) is 14.2 Å². The number of anilines is 1. The number of nitrogens with zero attached hydrogens (tertiary/aromatic N) is 2. The van der Waals surface area contributed by atoms with Crippen LogP contribution in [0.4, 0.5) is 5.82 Å². The molecule has 2 heterocycles. The Labute approximate surface area is 114 Å². The molecule has 0 radical (unpaired) electrons. The van der Waals surface area contributed by atoms with E-state index < -0.39 is 6.29 Å². The molecule has 0 amide bonds. The van der Waals surface area contributed by atoms with Crippen LogP contribution in [0.5, 0.6) is 0 Å². The number of nitrogens with one attached hydrogen (secondary N) is 1. The Kier molecular flexibility index (Phi) is 4.74. The van der Waals surface area contributed by atoms with Crippen molar-refractivity contribution in [1.29, 1.82) is 0 Å². The zero-order chi connectivity index (χ0) is 13.8. The van der Waals surface area contributed by atoms with Crippen molar-refractivity contribution in [2.24, 2.45) is 0 Å². The SMILES string of the molecule is COC(OC)c1nc2c(cc1CN(C)C)CCCN2. The predicted octanol–water partition coefficient (Wildman–Crippen LogP) is 1.79. The van der Waals surface area contributed by atoms with Gasteiger partial charge in [-0.3, -0.25) is 0 Å². The minimum absolute atomic E-state index is 0.413. The third kappa shape index (κ3) is 3.23. The van der Waals surface area contributed by atoms with Crippen molar-refractivity contribution >= 4 is 5.82 Å². The van der Waals surface area contributed by atoms with E-state index in [1.807, 2.05) is 0 Å². The lowest BCUT2D eigenvalue weighted by molar-refractivity contribution is -0.109. The second-order valence-corrected chi connectivity index (χ2v) is 5.11. The Balaban J connectivity index is 2.42. The van der Waals surface area contributed by atoms with Crippen LogP contribution in [0.3, 0.4) is 0 Å². The van der Waals surface area contributed by atoms with Crippen molar-refractivity contribution in [2.75, 3.05) is 40.2 Å². The van der Waals surface area contributed by atoms with Crippen molar-refractivity contribution in [3.63, 3.8) is 0 Å². The molecule has 0 aromatic carbocycles. The second-order valence-electron chi connectivity index (χ2n) is 5.11. The van der Waals surface area contributed by atoms with Crippen molar-refractivity contribution in [3.05, 3.63) is 22.9 Å². The van der Waals surface area contributed by atoms with Crippen LogP contribution in [-0.2, 0) is 22.4 Å². The summed E-state index contributed by atoms with van der Waals surface area (Å²) in [6, 6.07) is 2.23. The van der Waals surface area contributed by atoms with Crippen LogP contribution in [0, 0.1) is 0 Å². The molecule has 1 aliphatic heterocycles. The van der Waals surface area contributed by atoms with Crippen LogP contribution in [-0.4, -0.2) is 44.7 Å². The third-order valence-corrected chi connectivity index (χ3v) is 3.27. The van der Waals surface area contributed by atoms with Gasteiger partial charge in [0.1, 0.15) is 11.5 Å². The molecule has 1 aromatic rings. The fourth-order valence-electron chi connectivity index (χ4n) is 2.44. The maximum absolute atomic E-state index is 5.37. The molecule has 0 bridgehead atoms. The molecule has 2 rings (SSSR count). The highest BCUT2D eigenvalue weighted by atomic mass is 16.7. The van der Waals surface area contributed by atoms with Crippen molar-refractivity contribution in [2.45, 2.75) is 25.7 Å². The smallest absolute Gasteiger partial charge is 0.200 e. The van der Waals surface area contributed by atoms with Gasteiger partial charge in [-0.25, -0.2) is 4.98 Å². The van der Waals surface area contributed by atoms with E-state index in [0.29, 0.717) is 0 Å². The molecule has 0 aliphatic carbocycles. The maximum Gasteiger partial charge on any atom is 0.200 e. The van der Waals surface area contributed by atoms with Crippen molar-refractivity contribution < 1.29 is 9.47 Å². The van der Waals surface area contributed by atoms with Crippen LogP contribution >= 0.6 is 0 Å². The Hall–Kier alpha value is -1.17. The zero-order valence-electron chi connectivity index (χ0n) is 12.2. The summed E-state index contributed by atoms with van der Waals surface area (Å²) in [5.41, 5.74) is 3.32. The predicted molar refractivity (Wildman–Crippen MR) is 75.2 cm³/mol. The number of hydrogen-bond donors (Lipinski definition) is 1. The summed E-state index contributed by atoms with van der Waals surface area (Å²) in [7, 11) is 7.39. The largest absolute Gasteiger partial charge is 0.370 e. The van der Waals surface area contributed by atoms with Gasteiger partial charge >= 0.3 is 0 Å². The van der Waals surface area contributed by atoms with Crippen LogP contribution in [0.25, 0.3) is 0 Å². The Morgan fingerprint density at radius 2 is 2.11 bits per heavy atom. The third-order valence-electron chi connectivity index (χ3n) is 3.27. The summed E-state index contributed by atoms with van der Waals surface area (Å²) in [6.07, 6.45) is 1.83. The average molecular weight is 265 g/mol. The van der Waals surface area contributed by atoms with Gasteiger partial charge in [0.05, 0.1) is 0 Å². The lowest BCUT2D eigenvalue weighted by Crippen LogP contribution is -2.20. The molecule has 106 valence electrons. The van der Waals surface area contributed by atoms with E-state index in [2.05, 4.69) is 30.4 Å². The topological polar surface area (TPSA) is 46.6 Å². The standard InChI is InChI=1S/C14H23N3O2/c1-17(2)9-11-8-10-6-5-7-15-13(10)16-12(11)14(18-3)19-4/h8,14H,5-7,9H2,1-4H3,(H,15,16). The molecule has 0 atom stereocenters. The summed E-state index contributed by atoms with van der Waals surface area (Å²) < 4.78 is 10.7. The fraction of sp³-hybridized carbons (Fsp3) is 0.643. The van der Waals surface area contributed by atoms with Gasteiger partial charge in [-0.05, 0) is 44.1 Å². The average Bonchev–Trinajstić information content (AvgIpc) is 2.40. The van der Waals surface area contributed by atoms with E-state index in [4.69, 9.17) is 14.5 Å². The van der Waals surface area contributed by atoms with Gasteiger partial charge in [0.15, 0.2) is 0 Å². The molecule has 0 spiro atoms. The minimum Gasteiger partial charge on any atom is -0.370 e. The number of rotatable bonds is 5. The number of methoxy groups -OCH3 is 2. The molecular weight excluding hydrogens is 242 g/mol. The Bertz CT molecular complexity index is 431. The van der Waals surface area contributed by atoms with Crippen LogP contribution in [0.15, 0.2) is 6.07 Å². The van der Waals surface area contributed by atoms with Crippen LogP contribution < -0.4 is 5.32 Å². The summed E-state index contributed by atoms with van der Waals surface area (Å²) in [6.45, 7) is 1.82. The molecule has 5 nitrogen and oxygen atoms in total. The monoisotopic (exact) mass is 265 g/mol. The van der Waals surface area contributed by atoms with Crippen molar-refractivity contribution in [1.82, 2.24) is 9.88 Å². The first kappa shape index (κ1) is 14.2. The molecule has 0 saturated carbocycles. The lowest BCUT2D eigenvalue weighted by Gasteiger charge is -2.24. The van der Waals surface area contributed by atoms with Gasteiger partial charge in [0.2, 0.25) is 6.29 Å². The molecule has 1 N–H and O–H groups in total. The number of aryl methyl sites for hydroxylation is 1. The molecule has 19 heavy (non-hydrogen) atoms. The highest BCUT2D eigenvalue weighted by Crippen LogP contribution is 2.28. The number of aromatic nitrogens is 1. The summed E-state index contributed by atoms with van der Waals surface area (Å²) >= 11 is 0. The summed E-state index contributed by atoms with van der Waals surface area (Å²) in [4.78, 5) is 6.85. The Morgan fingerprint density at radius 3 is 2.74 bits per heavy atom. The summed E-state index contributed by atoms with van der Waals surface area (Å²) in [5, 5.41) is 3.35. The second kappa shape index (κ2) is 6.32. The van der Waals surface area contributed by atoms with E-state index in [1.165, 1.54) is 11.1 Å². The highest BCUT2D eigenvalue weighted by molar-refractivity contribution is 5.49. The van der Waals surface area contributed by atoms with Gasteiger partial charge in [-0.15, -0.1) is 0 Å². The quantitative estimate of drug-likeness (QED) is 0.823. The molecule has 5 heteroatoms. The first-order chi connectivity index (χ1) is 9.15. The van der Waals surface area contributed by atoms with Gasteiger partial charge in [-0.1, -0.05) is 0 Å². The number of pyridine rings is 1. The fourth-order valence-corrected chi connectivity index (χ4v) is 2.44. The molecule has 0 saturated heterocycles. The number of fused-ring (bicyclic) bond motifs is 1. The van der Waals surface area contributed by atoms with Gasteiger partial charge in [0.25, 0.3) is 0 Å². The van der Waals surface area contributed by atoms with E-state index in [9.17, 15) is 0 Å². The summed E-state index contributed by atoms with van der Waals surface area (Å²) in [5.74, 6) is 0.975. The normalized spacial score (nSPS) is 14.6. The number of ether oxygens (including phenoxy) is 2. The van der Waals surface area contributed by atoms with Gasteiger partial charge in [-0.2, -0.15) is 0 Å². The van der Waals surface area contributed by atoms with Crippen LogP contribution in [0.1, 0.15) is 29.5 Å². The molecule has 1 aliphatic rings. The first-order valence-corrected chi connectivity index (χ1v) is 6.62. The Morgan fingerprint density at radius 1 is 1.37 bits per heavy atom. The van der Waals surface area contributed by atoms with Gasteiger partial charge < -0.3 is 19.7 Å². The highest BCUT2D eigenvalue weighted by Gasteiger charge is 2.21. The van der Waals surface area contributed by atoms with E-state index in [0.717, 1.165) is 37.4 Å². The lowest BCUT2D eigenvalue weighted by atomic mass is 10.0. The van der Waals surface area contributed by atoms with Crippen molar-refractivity contribution in [3.8, 4) is 0 Å². The maximum atomic E-state index is 5.37. The van der Waals surface area contributed by atoms with E-state index in [-0.39, 0.29) is 0 Å². The first-order valence-electron chi connectivity index (χ1n) is 6.62.